The third-order valence-corrected chi connectivity index (χ3v) is 3.67. The van der Waals surface area contributed by atoms with Crippen molar-refractivity contribution in [1.29, 1.82) is 0 Å². The van der Waals surface area contributed by atoms with Gasteiger partial charge < -0.3 is 10.5 Å². The van der Waals surface area contributed by atoms with Crippen molar-refractivity contribution in [3.8, 4) is 16.9 Å². The van der Waals surface area contributed by atoms with Crippen LogP contribution in [-0.2, 0) is 13.0 Å². The molecule has 0 atom stereocenters. The first-order valence-electron chi connectivity index (χ1n) is 6.55. The Kier molecular flexibility index (Phi) is 3.18. The summed E-state index contributed by atoms with van der Waals surface area (Å²) in [5.41, 5.74) is 8.75. The van der Waals surface area contributed by atoms with Crippen LogP contribution in [-0.4, -0.2) is 6.61 Å². The molecule has 20 heavy (non-hydrogen) atoms. The van der Waals surface area contributed by atoms with Gasteiger partial charge in [0, 0.05) is 24.1 Å². The van der Waals surface area contributed by atoms with Gasteiger partial charge in [-0.3, -0.25) is 0 Å². The molecule has 0 radical (unpaired) electrons. The van der Waals surface area contributed by atoms with E-state index in [-0.39, 0.29) is 5.56 Å². The van der Waals surface area contributed by atoms with Crippen molar-refractivity contribution in [3.05, 3.63) is 52.6 Å². The zero-order chi connectivity index (χ0) is 14.3. The zero-order valence-electron chi connectivity index (χ0n) is 11.2. The van der Waals surface area contributed by atoms with E-state index in [2.05, 4.69) is 0 Å². The van der Waals surface area contributed by atoms with Crippen molar-refractivity contribution in [2.24, 2.45) is 5.73 Å². The summed E-state index contributed by atoms with van der Waals surface area (Å²) in [4.78, 5) is 0. The minimum Gasteiger partial charge on any atom is -0.493 e. The highest BCUT2D eigenvalue weighted by Crippen LogP contribution is 2.36. The van der Waals surface area contributed by atoms with Crippen molar-refractivity contribution in [3.63, 3.8) is 0 Å². The van der Waals surface area contributed by atoms with Gasteiger partial charge in [0.2, 0.25) is 0 Å². The largest absolute Gasteiger partial charge is 0.493 e. The van der Waals surface area contributed by atoms with Crippen LogP contribution in [0.2, 0.25) is 0 Å². The molecule has 0 saturated heterocycles. The van der Waals surface area contributed by atoms with Gasteiger partial charge in [-0.25, -0.2) is 8.78 Å². The molecule has 0 amide bonds. The maximum absolute atomic E-state index is 14.1. The average Bonchev–Trinajstić information content (AvgIpc) is 2.92. The minimum atomic E-state index is -0.813. The van der Waals surface area contributed by atoms with E-state index in [9.17, 15) is 8.78 Å². The molecule has 0 aliphatic carbocycles. The van der Waals surface area contributed by atoms with Gasteiger partial charge in [0.05, 0.1) is 6.61 Å². The predicted molar refractivity (Wildman–Crippen MR) is 73.6 cm³/mol. The van der Waals surface area contributed by atoms with Crippen LogP contribution in [0.15, 0.2) is 24.3 Å². The molecule has 0 bridgehead atoms. The second-order valence-electron chi connectivity index (χ2n) is 4.98. The fourth-order valence-electron chi connectivity index (χ4n) is 2.56. The average molecular weight is 275 g/mol. The Morgan fingerprint density at radius 1 is 1.20 bits per heavy atom. The van der Waals surface area contributed by atoms with Gasteiger partial charge in [0.15, 0.2) is 11.6 Å². The van der Waals surface area contributed by atoms with E-state index >= 15 is 0 Å². The number of fused-ring (bicyclic) bond motifs is 1. The van der Waals surface area contributed by atoms with Crippen LogP contribution in [0.4, 0.5) is 8.78 Å². The van der Waals surface area contributed by atoms with Gasteiger partial charge in [-0.05, 0) is 35.7 Å². The Labute approximate surface area is 116 Å². The number of benzene rings is 2. The number of aryl methyl sites for hydroxylation is 1. The van der Waals surface area contributed by atoms with Gasteiger partial charge in [-0.2, -0.15) is 0 Å². The third-order valence-electron chi connectivity index (χ3n) is 3.67. The highest BCUT2D eigenvalue weighted by molar-refractivity contribution is 5.69. The Bertz CT molecular complexity index is 683. The molecule has 1 aliphatic heterocycles. The highest BCUT2D eigenvalue weighted by Gasteiger charge is 2.20. The second-order valence-corrected chi connectivity index (χ2v) is 4.98. The van der Waals surface area contributed by atoms with Gasteiger partial charge in [0.25, 0.3) is 0 Å². The fraction of sp³-hybridized carbons (Fsp3) is 0.250. The highest BCUT2D eigenvalue weighted by atomic mass is 19.2. The number of nitrogens with two attached hydrogens (primary N) is 1. The molecule has 2 nitrogen and oxygen atoms in total. The zero-order valence-corrected chi connectivity index (χ0v) is 11.2. The molecular weight excluding hydrogens is 260 g/mol. The summed E-state index contributed by atoms with van der Waals surface area (Å²) in [6.07, 6.45) is 0.770. The summed E-state index contributed by atoms with van der Waals surface area (Å²) in [6.45, 7) is 2.46. The Morgan fingerprint density at radius 2 is 2.00 bits per heavy atom. The van der Waals surface area contributed by atoms with Crippen LogP contribution in [0.3, 0.4) is 0 Å². The van der Waals surface area contributed by atoms with E-state index < -0.39 is 11.6 Å². The SMILES string of the molecule is Cc1ccc(-c2cc(CN)c3c(c2)CCO3)c(F)c1F. The molecule has 0 spiro atoms. The van der Waals surface area contributed by atoms with Gasteiger partial charge >= 0.3 is 0 Å². The van der Waals surface area contributed by atoms with Gasteiger partial charge in [-0.1, -0.05) is 12.1 Å². The Hall–Kier alpha value is -1.94. The van der Waals surface area contributed by atoms with Crippen molar-refractivity contribution >= 4 is 0 Å². The lowest BCUT2D eigenvalue weighted by Crippen LogP contribution is -2.01. The molecule has 2 aromatic carbocycles. The molecule has 0 unspecified atom stereocenters. The molecule has 3 rings (SSSR count). The minimum absolute atomic E-state index is 0.262. The normalized spacial score (nSPS) is 13.2. The maximum atomic E-state index is 14.1. The van der Waals surface area contributed by atoms with E-state index in [1.807, 2.05) is 6.07 Å². The first-order valence-corrected chi connectivity index (χ1v) is 6.55. The van der Waals surface area contributed by atoms with Crippen molar-refractivity contribution in [2.75, 3.05) is 6.61 Å². The number of hydrogen-bond donors (Lipinski definition) is 1. The second kappa shape index (κ2) is 4.87. The van der Waals surface area contributed by atoms with E-state index in [1.54, 1.807) is 25.1 Å². The molecule has 0 aromatic heterocycles. The molecule has 104 valence electrons. The van der Waals surface area contributed by atoms with Crippen LogP contribution in [0.1, 0.15) is 16.7 Å². The standard InChI is InChI=1S/C16H15F2NO/c1-9-2-3-13(15(18)14(9)17)11-6-10-4-5-20-16(10)12(7-11)8-19/h2-3,6-7H,4-5,8,19H2,1H3. The van der Waals surface area contributed by atoms with Crippen LogP contribution in [0.5, 0.6) is 5.75 Å². The topological polar surface area (TPSA) is 35.2 Å². The number of halogens is 2. The summed E-state index contributed by atoms with van der Waals surface area (Å²) in [5, 5.41) is 0. The molecule has 2 N–H and O–H groups in total. The van der Waals surface area contributed by atoms with Crippen molar-refractivity contribution in [2.45, 2.75) is 19.9 Å². The molecular formula is C16H15F2NO. The molecule has 0 saturated carbocycles. The molecule has 1 aliphatic rings. The van der Waals surface area contributed by atoms with Crippen LogP contribution in [0.25, 0.3) is 11.1 Å². The third kappa shape index (κ3) is 1.96. The van der Waals surface area contributed by atoms with Crippen LogP contribution in [0, 0.1) is 18.6 Å². The summed E-state index contributed by atoms with van der Waals surface area (Å²) in [6, 6.07) is 6.82. The van der Waals surface area contributed by atoms with E-state index in [4.69, 9.17) is 10.5 Å². The first-order chi connectivity index (χ1) is 9.61. The number of ether oxygens (including phenoxy) is 1. The molecule has 1 heterocycles. The van der Waals surface area contributed by atoms with E-state index in [1.165, 1.54) is 0 Å². The lowest BCUT2D eigenvalue weighted by molar-refractivity contribution is 0.353. The molecule has 2 aromatic rings. The summed E-state index contributed by atoms with van der Waals surface area (Å²) < 4.78 is 33.3. The lowest BCUT2D eigenvalue weighted by Gasteiger charge is -2.11. The van der Waals surface area contributed by atoms with Gasteiger partial charge in [-0.15, -0.1) is 0 Å². The Morgan fingerprint density at radius 3 is 2.75 bits per heavy atom. The van der Waals surface area contributed by atoms with Gasteiger partial charge in [0.1, 0.15) is 5.75 Å². The fourth-order valence-corrected chi connectivity index (χ4v) is 2.56. The lowest BCUT2D eigenvalue weighted by atomic mass is 9.97. The molecule has 0 fully saturated rings. The first kappa shape index (κ1) is 13.1. The predicted octanol–water partition coefficient (Wildman–Crippen LogP) is 3.33. The quantitative estimate of drug-likeness (QED) is 0.912. The number of rotatable bonds is 2. The van der Waals surface area contributed by atoms with Crippen molar-refractivity contribution < 1.29 is 13.5 Å². The number of hydrogen-bond acceptors (Lipinski definition) is 2. The van der Waals surface area contributed by atoms with E-state index in [0.29, 0.717) is 24.3 Å². The summed E-state index contributed by atoms with van der Waals surface area (Å²) >= 11 is 0. The smallest absolute Gasteiger partial charge is 0.166 e. The Balaban J connectivity index is 2.18. The van der Waals surface area contributed by atoms with Crippen LogP contribution >= 0.6 is 0 Å². The van der Waals surface area contributed by atoms with Crippen LogP contribution < -0.4 is 10.5 Å². The summed E-state index contributed by atoms with van der Waals surface area (Å²) in [7, 11) is 0. The summed E-state index contributed by atoms with van der Waals surface area (Å²) in [5.74, 6) is -0.815. The van der Waals surface area contributed by atoms with Crippen molar-refractivity contribution in [1.82, 2.24) is 0 Å². The molecule has 4 heteroatoms. The maximum Gasteiger partial charge on any atom is 0.166 e. The monoisotopic (exact) mass is 275 g/mol. The van der Waals surface area contributed by atoms with E-state index in [0.717, 1.165) is 23.3 Å².